The van der Waals surface area contributed by atoms with Crippen LogP contribution in [0.2, 0.25) is 0 Å². The van der Waals surface area contributed by atoms with Crippen LogP contribution in [0.5, 0.6) is 0 Å². The molecule has 4 nitrogen and oxygen atoms in total. The summed E-state index contributed by atoms with van der Waals surface area (Å²) in [6.07, 6.45) is 1.84. The number of aromatic nitrogens is 1. The van der Waals surface area contributed by atoms with Crippen molar-refractivity contribution in [2.45, 2.75) is 19.0 Å². The first kappa shape index (κ1) is 11.6. The lowest BCUT2D eigenvalue weighted by Crippen LogP contribution is -2.37. The summed E-state index contributed by atoms with van der Waals surface area (Å²) in [6.45, 7) is 2.64. The zero-order valence-electron chi connectivity index (χ0n) is 8.43. The fraction of sp³-hybridized carbons (Fsp3) is 0.667. The summed E-state index contributed by atoms with van der Waals surface area (Å²) in [4.78, 5) is 5.17. The monoisotopic (exact) mass is 216 g/mol. The number of aliphatic hydroxyl groups excluding tert-OH is 1. The molecule has 1 heterocycles. The zero-order valence-corrected chi connectivity index (χ0v) is 9.25. The average Bonchev–Trinajstić information content (AvgIpc) is 2.69. The molecule has 1 aromatic rings. The van der Waals surface area contributed by atoms with Crippen LogP contribution in [0.25, 0.3) is 0 Å². The number of hydrogen-bond donors (Lipinski definition) is 2. The Balaban J connectivity index is 2.42. The van der Waals surface area contributed by atoms with Gasteiger partial charge in [0.25, 0.3) is 0 Å². The Bertz CT molecular complexity index is 241. The Hall–Kier alpha value is -0.490. The van der Waals surface area contributed by atoms with Crippen molar-refractivity contribution in [3.05, 3.63) is 16.6 Å². The summed E-state index contributed by atoms with van der Waals surface area (Å²) in [5.74, 6) is 0. The van der Waals surface area contributed by atoms with E-state index in [1.807, 2.05) is 13.1 Å². The zero-order chi connectivity index (χ0) is 10.4. The highest BCUT2D eigenvalue weighted by Gasteiger charge is 2.13. The molecule has 2 unspecified atom stereocenters. The standard InChI is InChI=1S/C9H16N2O2S/c1-7(9-3-10-6-14-9)11-8(4-12)5-13-2/h3,6-8,11-12H,4-5H2,1-2H3. The van der Waals surface area contributed by atoms with Crippen LogP contribution in [0.3, 0.4) is 0 Å². The average molecular weight is 216 g/mol. The van der Waals surface area contributed by atoms with E-state index in [1.54, 1.807) is 24.0 Å². The maximum Gasteiger partial charge on any atom is 0.0794 e. The Morgan fingerprint density at radius 3 is 3.00 bits per heavy atom. The van der Waals surface area contributed by atoms with Gasteiger partial charge >= 0.3 is 0 Å². The largest absolute Gasteiger partial charge is 0.395 e. The molecule has 0 saturated carbocycles. The van der Waals surface area contributed by atoms with Crippen LogP contribution in [0.15, 0.2) is 11.7 Å². The van der Waals surface area contributed by atoms with Gasteiger partial charge in [-0.1, -0.05) is 0 Å². The molecule has 0 aliphatic heterocycles. The van der Waals surface area contributed by atoms with E-state index in [2.05, 4.69) is 10.3 Å². The summed E-state index contributed by atoms with van der Waals surface area (Å²) >= 11 is 1.61. The van der Waals surface area contributed by atoms with Crippen molar-refractivity contribution < 1.29 is 9.84 Å². The second-order valence-corrected chi connectivity index (χ2v) is 4.04. The molecule has 0 saturated heterocycles. The molecular weight excluding hydrogens is 200 g/mol. The molecule has 2 atom stereocenters. The Labute approximate surface area is 87.9 Å². The van der Waals surface area contributed by atoms with E-state index in [0.29, 0.717) is 6.61 Å². The maximum absolute atomic E-state index is 9.05. The van der Waals surface area contributed by atoms with E-state index in [1.165, 1.54) is 4.88 Å². The first-order chi connectivity index (χ1) is 6.77. The first-order valence-corrected chi connectivity index (χ1v) is 5.40. The predicted molar refractivity (Wildman–Crippen MR) is 56.4 cm³/mol. The van der Waals surface area contributed by atoms with Gasteiger partial charge in [-0.25, -0.2) is 0 Å². The van der Waals surface area contributed by atoms with Crippen LogP contribution in [-0.4, -0.2) is 36.5 Å². The van der Waals surface area contributed by atoms with Gasteiger partial charge in [-0.3, -0.25) is 4.98 Å². The van der Waals surface area contributed by atoms with Gasteiger partial charge in [0.1, 0.15) is 0 Å². The maximum atomic E-state index is 9.05. The molecule has 80 valence electrons. The summed E-state index contributed by atoms with van der Waals surface area (Å²) in [5, 5.41) is 12.3. The van der Waals surface area contributed by atoms with E-state index in [-0.39, 0.29) is 18.7 Å². The van der Waals surface area contributed by atoms with Crippen molar-refractivity contribution in [1.29, 1.82) is 0 Å². The third kappa shape index (κ3) is 3.34. The first-order valence-electron chi connectivity index (χ1n) is 4.52. The van der Waals surface area contributed by atoms with Crippen molar-refractivity contribution in [3.63, 3.8) is 0 Å². The van der Waals surface area contributed by atoms with Crippen LogP contribution in [-0.2, 0) is 4.74 Å². The highest BCUT2D eigenvalue weighted by Crippen LogP contribution is 2.16. The second kappa shape index (κ2) is 6.08. The van der Waals surface area contributed by atoms with Crippen molar-refractivity contribution in [1.82, 2.24) is 10.3 Å². The van der Waals surface area contributed by atoms with E-state index >= 15 is 0 Å². The Kier molecular flexibility index (Phi) is 5.03. The SMILES string of the molecule is COCC(CO)NC(C)c1cncs1. The van der Waals surface area contributed by atoms with Gasteiger partial charge in [0.15, 0.2) is 0 Å². The van der Waals surface area contributed by atoms with E-state index < -0.39 is 0 Å². The van der Waals surface area contributed by atoms with Crippen molar-refractivity contribution in [2.75, 3.05) is 20.3 Å². The van der Waals surface area contributed by atoms with Gasteiger partial charge < -0.3 is 15.2 Å². The number of aliphatic hydroxyl groups is 1. The molecule has 0 aromatic carbocycles. The summed E-state index contributed by atoms with van der Waals surface area (Å²) in [7, 11) is 1.63. The van der Waals surface area contributed by atoms with Crippen molar-refractivity contribution >= 4 is 11.3 Å². The van der Waals surface area contributed by atoms with E-state index in [4.69, 9.17) is 9.84 Å². The van der Waals surface area contributed by atoms with Crippen molar-refractivity contribution in [3.8, 4) is 0 Å². The summed E-state index contributed by atoms with van der Waals surface area (Å²) in [6, 6.07) is 0.187. The Morgan fingerprint density at radius 2 is 2.50 bits per heavy atom. The molecule has 0 fully saturated rings. The molecule has 0 aliphatic carbocycles. The lowest BCUT2D eigenvalue weighted by atomic mass is 10.2. The van der Waals surface area contributed by atoms with Gasteiger partial charge in [0.2, 0.25) is 0 Å². The third-order valence-corrected chi connectivity index (χ3v) is 2.91. The highest BCUT2D eigenvalue weighted by molar-refractivity contribution is 7.09. The summed E-state index contributed by atoms with van der Waals surface area (Å²) < 4.78 is 4.98. The van der Waals surface area contributed by atoms with Gasteiger partial charge in [-0.2, -0.15) is 0 Å². The van der Waals surface area contributed by atoms with Gasteiger partial charge in [0.05, 0.1) is 24.8 Å². The number of nitrogens with zero attached hydrogens (tertiary/aromatic N) is 1. The highest BCUT2D eigenvalue weighted by atomic mass is 32.1. The molecule has 0 bridgehead atoms. The van der Waals surface area contributed by atoms with Gasteiger partial charge in [-0.15, -0.1) is 11.3 Å². The van der Waals surface area contributed by atoms with Crippen LogP contribution >= 0.6 is 11.3 Å². The number of hydrogen-bond acceptors (Lipinski definition) is 5. The summed E-state index contributed by atoms with van der Waals surface area (Å²) in [5.41, 5.74) is 1.80. The van der Waals surface area contributed by atoms with Crippen LogP contribution < -0.4 is 5.32 Å². The fourth-order valence-electron chi connectivity index (χ4n) is 1.23. The molecule has 0 radical (unpaired) electrons. The molecule has 1 rings (SSSR count). The van der Waals surface area contributed by atoms with E-state index in [9.17, 15) is 0 Å². The number of rotatable bonds is 6. The Morgan fingerprint density at radius 1 is 1.71 bits per heavy atom. The fourth-order valence-corrected chi connectivity index (χ4v) is 1.87. The van der Waals surface area contributed by atoms with Crippen molar-refractivity contribution in [2.24, 2.45) is 0 Å². The lowest BCUT2D eigenvalue weighted by Gasteiger charge is -2.19. The molecule has 0 spiro atoms. The molecule has 2 N–H and O–H groups in total. The number of nitrogens with one attached hydrogen (secondary N) is 1. The topological polar surface area (TPSA) is 54.4 Å². The minimum absolute atomic E-state index is 0.0166. The minimum atomic E-state index is -0.0166. The molecule has 5 heteroatoms. The molecule has 1 aromatic heterocycles. The van der Waals surface area contributed by atoms with Crippen LogP contribution in [0, 0.1) is 0 Å². The quantitative estimate of drug-likeness (QED) is 0.738. The van der Waals surface area contributed by atoms with Crippen LogP contribution in [0.1, 0.15) is 17.8 Å². The lowest BCUT2D eigenvalue weighted by molar-refractivity contribution is 0.123. The van der Waals surface area contributed by atoms with Gasteiger partial charge in [0, 0.05) is 24.2 Å². The molecule has 0 aliphatic rings. The second-order valence-electron chi connectivity index (χ2n) is 3.13. The number of methoxy groups -OCH3 is 1. The third-order valence-electron chi connectivity index (χ3n) is 1.95. The number of thiazole rings is 1. The van der Waals surface area contributed by atoms with Gasteiger partial charge in [-0.05, 0) is 6.92 Å². The van der Waals surface area contributed by atoms with Crippen LogP contribution in [0.4, 0.5) is 0 Å². The predicted octanol–water partition coefficient (Wildman–Crippen LogP) is 0.801. The number of ether oxygens (including phenoxy) is 1. The minimum Gasteiger partial charge on any atom is -0.395 e. The smallest absolute Gasteiger partial charge is 0.0794 e. The normalized spacial score (nSPS) is 15.4. The molecular formula is C9H16N2O2S. The molecule has 0 amide bonds. The van der Waals surface area contributed by atoms with E-state index in [0.717, 1.165) is 0 Å². The molecule has 14 heavy (non-hydrogen) atoms.